The van der Waals surface area contributed by atoms with Crippen molar-refractivity contribution in [1.29, 1.82) is 0 Å². The minimum atomic E-state index is 0.0473. The number of allylic oxidation sites excluding steroid dienone is 1. The van der Waals surface area contributed by atoms with E-state index in [1.54, 1.807) is 0 Å². The van der Waals surface area contributed by atoms with Crippen LogP contribution >= 0.6 is 11.5 Å². The third-order valence-corrected chi connectivity index (χ3v) is 4.86. The van der Waals surface area contributed by atoms with Crippen LogP contribution < -0.4 is 5.32 Å². The van der Waals surface area contributed by atoms with E-state index in [0.717, 1.165) is 33.2 Å². The third-order valence-electron chi connectivity index (χ3n) is 3.99. The zero-order valence-corrected chi connectivity index (χ0v) is 13.3. The van der Waals surface area contributed by atoms with Crippen molar-refractivity contribution < 1.29 is 4.79 Å². The number of hydrogen-bond donors (Lipinski definition) is 1. The van der Waals surface area contributed by atoms with Gasteiger partial charge >= 0.3 is 0 Å². The number of aromatic nitrogens is 3. The SMILES string of the molecule is C=CCn1nc(C)c([C@H]2CC(=O)Nc3snc(C)c32)c1C. The Labute approximate surface area is 127 Å². The molecule has 3 rings (SSSR count). The fraction of sp³-hybridized carbons (Fsp3) is 0.400. The molecule has 0 fully saturated rings. The highest BCUT2D eigenvalue weighted by molar-refractivity contribution is 7.10. The summed E-state index contributed by atoms with van der Waals surface area (Å²) in [6.07, 6.45) is 2.29. The van der Waals surface area contributed by atoms with Crippen LogP contribution in [0.4, 0.5) is 5.00 Å². The van der Waals surface area contributed by atoms with Crippen molar-refractivity contribution in [2.45, 2.75) is 39.7 Å². The highest BCUT2D eigenvalue weighted by atomic mass is 32.1. The standard InChI is InChI=1S/C15H18N4OS/c1-5-6-19-10(4)13(8(2)17-19)11-7-12(20)16-15-14(11)9(3)18-21-15/h5,11H,1,6-7H2,2-4H3,(H,16,20)/t11-/m1/s1. The average Bonchev–Trinajstić information content (AvgIpc) is 2.91. The molecule has 0 spiro atoms. The Bertz CT molecular complexity index is 728. The molecule has 1 aliphatic rings. The van der Waals surface area contributed by atoms with Crippen LogP contribution in [0.1, 0.15) is 40.5 Å². The zero-order chi connectivity index (χ0) is 15.1. The number of nitrogens with zero attached hydrogens (tertiary/aromatic N) is 3. The van der Waals surface area contributed by atoms with Gasteiger partial charge in [-0.15, -0.1) is 6.58 Å². The molecule has 0 aliphatic carbocycles. The lowest BCUT2D eigenvalue weighted by molar-refractivity contribution is -0.116. The van der Waals surface area contributed by atoms with Gasteiger partial charge < -0.3 is 5.32 Å². The van der Waals surface area contributed by atoms with E-state index in [0.29, 0.717) is 13.0 Å². The number of anilines is 1. The van der Waals surface area contributed by atoms with Gasteiger partial charge in [0.2, 0.25) is 5.91 Å². The second kappa shape index (κ2) is 5.11. The van der Waals surface area contributed by atoms with Gasteiger partial charge in [-0.2, -0.15) is 9.47 Å². The molecule has 0 unspecified atom stereocenters. The van der Waals surface area contributed by atoms with Crippen LogP contribution in [-0.4, -0.2) is 20.1 Å². The molecule has 3 heterocycles. The first kappa shape index (κ1) is 14.0. The van der Waals surface area contributed by atoms with Crippen molar-refractivity contribution in [3.63, 3.8) is 0 Å². The van der Waals surface area contributed by atoms with Gasteiger partial charge in [-0.3, -0.25) is 9.48 Å². The number of carbonyl (C=O) groups excluding carboxylic acids is 1. The highest BCUT2D eigenvalue weighted by Gasteiger charge is 2.33. The molecular weight excluding hydrogens is 284 g/mol. The minimum Gasteiger partial charge on any atom is -0.316 e. The molecule has 0 aromatic carbocycles. The van der Waals surface area contributed by atoms with Crippen LogP contribution in [0.25, 0.3) is 0 Å². The summed E-state index contributed by atoms with van der Waals surface area (Å²) in [6, 6.07) is 0. The fourth-order valence-electron chi connectivity index (χ4n) is 3.10. The van der Waals surface area contributed by atoms with Gasteiger partial charge in [0.15, 0.2) is 0 Å². The summed E-state index contributed by atoms with van der Waals surface area (Å²) in [5.41, 5.74) is 5.37. The van der Waals surface area contributed by atoms with Crippen molar-refractivity contribution in [2.24, 2.45) is 0 Å². The van der Waals surface area contributed by atoms with Gasteiger partial charge in [0.25, 0.3) is 0 Å². The quantitative estimate of drug-likeness (QED) is 0.887. The molecule has 0 radical (unpaired) electrons. The zero-order valence-electron chi connectivity index (χ0n) is 12.4. The van der Waals surface area contributed by atoms with E-state index in [-0.39, 0.29) is 11.8 Å². The summed E-state index contributed by atoms with van der Waals surface area (Å²) in [6.45, 7) is 10.5. The van der Waals surface area contributed by atoms with Crippen molar-refractivity contribution in [2.75, 3.05) is 5.32 Å². The van der Waals surface area contributed by atoms with E-state index in [4.69, 9.17) is 0 Å². The van der Waals surface area contributed by atoms with Crippen molar-refractivity contribution >= 4 is 22.4 Å². The van der Waals surface area contributed by atoms with E-state index in [1.165, 1.54) is 11.5 Å². The lowest BCUT2D eigenvalue weighted by Crippen LogP contribution is -2.23. The molecule has 1 amide bonds. The smallest absolute Gasteiger partial charge is 0.225 e. The van der Waals surface area contributed by atoms with Crippen LogP contribution in [0, 0.1) is 20.8 Å². The maximum absolute atomic E-state index is 12.0. The second-order valence-electron chi connectivity index (χ2n) is 5.37. The van der Waals surface area contributed by atoms with Crippen molar-refractivity contribution in [3.05, 3.63) is 40.9 Å². The molecule has 110 valence electrons. The van der Waals surface area contributed by atoms with Crippen LogP contribution in [0.5, 0.6) is 0 Å². The van der Waals surface area contributed by atoms with Gasteiger partial charge in [-0.25, -0.2) is 0 Å². The average molecular weight is 302 g/mol. The molecular formula is C15H18N4OS. The van der Waals surface area contributed by atoms with Crippen molar-refractivity contribution in [1.82, 2.24) is 14.2 Å². The number of fused-ring (bicyclic) bond motifs is 1. The van der Waals surface area contributed by atoms with E-state index in [2.05, 4.69) is 28.3 Å². The van der Waals surface area contributed by atoms with E-state index >= 15 is 0 Å². The molecule has 0 bridgehead atoms. The molecule has 1 atom stereocenters. The number of hydrogen-bond acceptors (Lipinski definition) is 4. The number of carbonyl (C=O) groups is 1. The molecule has 2 aromatic heterocycles. The Morgan fingerprint density at radius 2 is 2.14 bits per heavy atom. The molecule has 1 N–H and O–H groups in total. The second-order valence-corrected chi connectivity index (χ2v) is 6.14. The molecule has 0 saturated heterocycles. The molecule has 0 saturated carbocycles. The van der Waals surface area contributed by atoms with Crippen LogP contribution in [0.2, 0.25) is 0 Å². The summed E-state index contributed by atoms with van der Waals surface area (Å²) >= 11 is 1.36. The van der Waals surface area contributed by atoms with Crippen LogP contribution in [0.15, 0.2) is 12.7 Å². The summed E-state index contributed by atoms with van der Waals surface area (Å²) in [4.78, 5) is 12.0. The first-order chi connectivity index (χ1) is 10.0. The number of rotatable bonds is 3. The van der Waals surface area contributed by atoms with Gasteiger partial charge in [-0.1, -0.05) is 6.08 Å². The van der Waals surface area contributed by atoms with Gasteiger partial charge in [0, 0.05) is 29.2 Å². The highest BCUT2D eigenvalue weighted by Crippen LogP contribution is 2.43. The fourth-order valence-corrected chi connectivity index (χ4v) is 3.98. The van der Waals surface area contributed by atoms with Crippen LogP contribution in [-0.2, 0) is 11.3 Å². The Balaban J connectivity index is 2.15. The topological polar surface area (TPSA) is 59.8 Å². The van der Waals surface area contributed by atoms with Gasteiger partial charge in [-0.05, 0) is 32.3 Å². The summed E-state index contributed by atoms with van der Waals surface area (Å²) in [7, 11) is 0. The normalized spacial score (nSPS) is 17.5. The van der Waals surface area contributed by atoms with E-state index < -0.39 is 0 Å². The van der Waals surface area contributed by atoms with E-state index in [1.807, 2.05) is 24.6 Å². The first-order valence-corrected chi connectivity index (χ1v) is 7.71. The number of nitrogens with one attached hydrogen (secondary N) is 1. The molecule has 2 aromatic rings. The first-order valence-electron chi connectivity index (χ1n) is 6.93. The summed E-state index contributed by atoms with van der Waals surface area (Å²) in [5, 5.41) is 8.39. The minimum absolute atomic E-state index is 0.0473. The number of aryl methyl sites for hydroxylation is 2. The van der Waals surface area contributed by atoms with Gasteiger partial charge in [0.1, 0.15) is 5.00 Å². The lowest BCUT2D eigenvalue weighted by Gasteiger charge is -2.23. The number of amides is 1. The van der Waals surface area contributed by atoms with Gasteiger partial charge in [0.05, 0.1) is 17.9 Å². The maximum atomic E-state index is 12.0. The molecule has 5 nitrogen and oxygen atoms in total. The largest absolute Gasteiger partial charge is 0.316 e. The Morgan fingerprint density at radius 1 is 1.38 bits per heavy atom. The summed E-state index contributed by atoms with van der Waals surface area (Å²) < 4.78 is 6.34. The monoisotopic (exact) mass is 302 g/mol. The Hall–Kier alpha value is -1.95. The molecule has 6 heteroatoms. The predicted octanol–water partition coefficient (Wildman–Crippen LogP) is 2.92. The summed E-state index contributed by atoms with van der Waals surface area (Å²) in [5.74, 6) is 0.0949. The Morgan fingerprint density at radius 3 is 2.86 bits per heavy atom. The third kappa shape index (κ3) is 2.19. The van der Waals surface area contributed by atoms with Crippen LogP contribution in [0.3, 0.4) is 0 Å². The van der Waals surface area contributed by atoms with E-state index in [9.17, 15) is 4.79 Å². The molecule has 1 aliphatic heterocycles. The molecule has 21 heavy (non-hydrogen) atoms. The Kier molecular flexibility index (Phi) is 3.41. The predicted molar refractivity (Wildman–Crippen MR) is 83.8 cm³/mol. The maximum Gasteiger partial charge on any atom is 0.225 e. The van der Waals surface area contributed by atoms with Crippen molar-refractivity contribution in [3.8, 4) is 0 Å². The lowest BCUT2D eigenvalue weighted by atomic mass is 9.85.